The number of nitrogens with one attached hydrogen (secondary N) is 1. The van der Waals surface area contributed by atoms with Crippen LogP contribution in [-0.2, 0) is 26.3 Å². The molecule has 0 spiro atoms. The average molecular weight is 343 g/mol. The molecule has 2 heterocycles. The summed E-state index contributed by atoms with van der Waals surface area (Å²) < 4.78 is 6.73. The number of aromatic nitrogens is 2. The number of hydrogen-bond donors (Lipinski definition) is 2. The van der Waals surface area contributed by atoms with Gasteiger partial charge in [-0.15, -0.1) is 0 Å². The van der Waals surface area contributed by atoms with E-state index in [0.29, 0.717) is 31.9 Å². The second kappa shape index (κ2) is 7.06. The van der Waals surface area contributed by atoms with E-state index in [2.05, 4.69) is 10.4 Å². The first-order valence-electron chi connectivity index (χ1n) is 8.21. The fraction of sp³-hybridized carbons (Fsp3) is 0.389. The Balaban J connectivity index is 1.83. The normalized spacial score (nSPS) is 16.4. The van der Waals surface area contributed by atoms with E-state index >= 15 is 0 Å². The molecule has 0 atom stereocenters. The second-order valence-corrected chi connectivity index (χ2v) is 6.31. The van der Waals surface area contributed by atoms with Crippen molar-refractivity contribution >= 4 is 17.7 Å². The van der Waals surface area contributed by atoms with Crippen LogP contribution >= 0.6 is 0 Å². The minimum absolute atomic E-state index is 0.139. The highest BCUT2D eigenvalue weighted by Crippen LogP contribution is 2.36. The first kappa shape index (κ1) is 17.2. The van der Waals surface area contributed by atoms with Crippen molar-refractivity contribution in [3.8, 4) is 0 Å². The first-order valence-corrected chi connectivity index (χ1v) is 8.21. The standard InChI is InChI=1S/C18H21N3O4/c1-13-2-4-14(5-3-13)18(7-10-25-11-8-18)17(24)19-15-6-9-21(20-15)12-16(22)23/h2-6,9H,7-8,10-12H2,1H3,(H,22,23)(H,19,20,24). The third-order valence-electron chi connectivity index (χ3n) is 4.56. The maximum Gasteiger partial charge on any atom is 0.325 e. The molecule has 1 aromatic heterocycles. The highest BCUT2D eigenvalue weighted by molar-refractivity contribution is 5.98. The Kier molecular flexibility index (Phi) is 4.85. The lowest BCUT2D eigenvalue weighted by Crippen LogP contribution is -2.45. The zero-order chi connectivity index (χ0) is 17.9. The van der Waals surface area contributed by atoms with E-state index in [0.717, 1.165) is 11.1 Å². The van der Waals surface area contributed by atoms with Gasteiger partial charge < -0.3 is 15.2 Å². The van der Waals surface area contributed by atoms with Crippen LogP contribution in [-0.4, -0.2) is 40.0 Å². The number of amides is 1. The lowest BCUT2D eigenvalue weighted by Gasteiger charge is -2.36. The highest BCUT2D eigenvalue weighted by Gasteiger charge is 2.41. The third kappa shape index (κ3) is 3.71. The Bertz CT molecular complexity index is 761. The summed E-state index contributed by atoms with van der Waals surface area (Å²) in [5.41, 5.74) is 1.44. The van der Waals surface area contributed by atoms with E-state index in [1.165, 1.54) is 10.9 Å². The highest BCUT2D eigenvalue weighted by atomic mass is 16.5. The predicted octanol–water partition coefficient (Wildman–Crippen LogP) is 1.96. The fourth-order valence-corrected chi connectivity index (χ4v) is 3.13. The number of nitrogens with zero attached hydrogens (tertiary/aromatic N) is 2. The third-order valence-corrected chi connectivity index (χ3v) is 4.56. The quantitative estimate of drug-likeness (QED) is 0.866. The summed E-state index contributed by atoms with van der Waals surface area (Å²) >= 11 is 0. The van der Waals surface area contributed by atoms with Gasteiger partial charge in [-0.25, -0.2) is 0 Å². The van der Waals surface area contributed by atoms with Crippen molar-refractivity contribution < 1.29 is 19.4 Å². The molecule has 1 aliphatic heterocycles. The number of carbonyl (C=O) groups excluding carboxylic acids is 1. The van der Waals surface area contributed by atoms with E-state index in [9.17, 15) is 9.59 Å². The average Bonchev–Trinajstić information content (AvgIpc) is 3.02. The molecule has 1 amide bonds. The topological polar surface area (TPSA) is 93.5 Å². The summed E-state index contributed by atoms with van der Waals surface area (Å²) in [5.74, 6) is -0.772. The van der Waals surface area contributed by atoms with Crippen molar-refractivity contribution in [3.05, 3.63) is 47.7 Å². The largest absolute Gasteiger partial charge is 0.480 e. The van der Waals surface area contributed by atoms with Crippen molar-refractivity contribution in [1.82, 2.24) is 9.78 Å². The summed E-state index contributed by atoms with van der Waals surface area (Å²) in [5, 5.41) is 15.7. The molecule has 7 heteroatoms. The van der Waals surface area contributed by atoms with Crippen LogP contribution < -0.4 is 5.32 Å². The fourth-order valence-electron chi connectivity index (χ4n) is 3.13. The molecule has 0 aliphatic carbocycles. The summed E-state index contributed by atoms with van der Waals surface area (Å²) in [7, 11) is 0. The Morgan fingerprint density at radius 1 is 1.24 bits per heavy atom. The van der Waals surface area contributed by atoms with Crippen LogP contribution in [0.15, 0.2) is 36.5 Å². The predicted molar refractivity (Wildman–Crippen MR) is 91.4 cm³/mol. The SMILES string of the molecule is Cc1ccc(C2(C(=O)Nc3ccn(CC(=O)O)n3)CCOCC2)cc1. The van der Waals surface area contributed by atoms with Gasteiger partial charge in [0.05, 0.1) is 5.41 Å². The van der Waals surface area contributed by atoms with Gasteiger partial charge in [0, 0.05) is 25.5 Å². The number of benzene rings is 1. The molecule has 2 aromatic rings. The molecule has 2 N–H and O–H groups in total. The first-order chi connectivity index (χ1) is 12.0. The lowest BCUT2D eigenvalue weighted by atomic mass is 9.73. The van der Waals surface area contributed by atoms with Gasteiger partial charge in [-0.05, 0) is 25.3 Å². The van der Waals surface area contributed by atoms with Crippen LogP contribution in [0.3, 0.4) is 0 Å². The monoisotopic (exact) mass is 343 g/mol. The van der Waals surface area contributed by atoms with Crippen LogP contribution in [0.25, 0.3) is 0 Å². The maximum absolute atomic E-state index is 13.1. The molecule has 0 unspecified atom stereocenters. The molecule has 3 rings (SSSR count). The van der Waals surface area contributed by atoms with Crippen LogP contribution in [0.5, 0.6) is 0 Å². The summed E-state index contributed by atoms with van der Waals surface area (Å²) in [6, 6.07) is 9.58. The molecule has 25 heavy (non-hydrogen) atoms. The Morgan fingerprint density at radius 3 is 2.56 bits per heavy atom. The van der Waals surface area contributed by atoms with E-state index < -0.39 is 11.4 Å². The van der Waals surface area contributed by atoms with Gasteiger partial charge in [0.2, 0.25) is 5.91 Å². The van der Waals surface area contributed by atoms with Crippen molar-refractivity contribution in [1.29, 1.82) is 0 Å². The number of hydrogen-bond acceptors (Lipinski definition) is 4. The molecule has 1 aromatic carbocycles. The van der Waals surface area contributed by atoms with E-state index in [-0.39, 0.29) is 12.5 Å². The van der Waals surface area contributed by atoms with Crippen molar-refractivity contribution in [3.63, 3.8) is 0 Å². The molecule has 0 radical (unpaired) electrons. The Morgan fingerprint density at radius 2 is 1.92 bits per heavy atom. The molecule has 1 fully saturated rings. The minimum atomic E-state index is -0.985. The van der Waals surface area contributed by atoms with Gasteiger partial charge in [-0.3, -0.25) is 14.3 Å². The van der Waals surface area contributed by atoms with Crippen molar-refractivity contribution in [2.24, 2.45) is 0 Å². The summed E-state index contributed by atoms with van der Waals surface area (Å²) in [6.45, 7) is 2.81. The molecule has 132 valence electrons. The number of aryl methyl sites for hydroxylation is 1. The number of carboxylic acids is 1. The number of carbonyl (C=O) groups is 2. The molecule has 1 saturated heterocycles. The zero-order valence-electron chi connectivity index (χ0n) is 14.1. The van der Waals surface area contributed by atoms with Crippen molar-refractivity contribution in [2.75, 3.05) is 18.5 Å². The molecule has 1 aliphatic rings. The van der Waals surface area contributed by atoms with E-state index in [4.69, 9.17) is 9.84 Å². The van der Waals surface area contributed by atoms with Crippen LogP contribution in [0.4, 0.5) is 5.82 Å². The van der Waals surface area contributed by atoms with Crippen LogP contribution in [0, 0.1) is 6.92 Å². The molecular weight excluding hydrogens is 322 g/mol. The number of anilines is 1. The number of carboxylic acid groups (broad SMARTS) is 1. The summed E-state index contributed by atoms with van der Waals surface area (Å²) in [6.07, 6.45) is 2.72. The van der Waals surface area contributed by atoms with E-state index in [1.807, 2.05) is 31.2 Å². The number of rotatable bonds is 5. The zero-order valence-corrected chi connectivity index (χ0v) is 14.1. The van der Waals surface area contributed by atoms with Gasteiger partial charge in [0.1, 0.15) is 6.54 Å². The van der Waals surface area contributed by atoms with Gasteiger partial charge in [0.25, 0.3) is 0 Å². The Labute approximate surface area is 145 Å². The van der Waals surface area contributed by atoms with Crippen LogP contribution in [0.2, 0.25) is 0 Å². The van der Waals surface area contributed by atoms with Gasteiger partial charge in [0.15, 0.2) is 5.82 Å². The lowest BCUT2D eigenvalue weighted by molar-refractivity contribution is -0.137. The molecule has 7 nitrogen and oxygen atoms in total. The van der Waals surface area contributed by atoms with Gasteiger partial charge >= 0.3 is 5.97 Å². The smallest absolute Gasteiger partial charge is 0.325 e. The summed E-state index contributed by atoms with van der Waals surface area (Å²) in [4.78, 5) is 23.8. The molecule has 0 saturated carbocycles. The van der Waals surface area contributed by atoms with Gasteiger partial charge in [-0.1, -0.05) is 29.8 Å². The number of aliphatic carboxylic acids is 1. The van der Waals surface area contributed by atoms with Gasteiger partial charge in [-0.2, -0.15) is 5.10 Å². The van der Waals surface area contributed by atoms with Crippen molar-refractivity contribution in [2.45, 2.75) is 31.7 Å². The molecular formula is C18H21N3O4. The minimum Gasteiger partial charge on any atom is -0.480 e. The molecule has 0 bridgehead atoms. The maximum atomic E-state index is 13.1. The number of ether oxygens (including phenoxy) is 1. The second-order valence-electron chi connectivity index (χ2n) is 6.31. The van der Waals surface area contributed by atoms with E-state index in [1.54, 1.807) is 6.07 Å². The Hall–Kier alpha value is -2.67. The van der Waals surface area contributed by atoms with Crippen LogP contribution in [0.1, 0.15) is 24.0 Å².